The molecule has 3 nitrogen and oxygen atoms in total. The van der Waals surface area contributed by atoms with Gasteiger partial charge in [-0.2, -0.15) is 0 Å². The van der Waals surface area contributed by atoms with Crippen LogP contribution in [0.1, 0.15) is 11.8 Å². The predicted molar refractivity (Wildman–Crippen MR) is 75.7 cm³/mol. The minimum atomic E-state index is -0.370. The van der Waals surface area contributed by atoms with Crippen LogP contribution in [0.5, 0.6) is 0 Å². The zero-order valence-electron chi connectivity index (χ0n) is 10.5. The first-order chi connectivity index (χ1) is 9.15. The molecule has 2 N–H and O–H groups in total. The molecule has 19 heavy (non-hydrogen) atoms. The Labute approximate surface area is 115 Å². The van der Waals surface area contributed by atoms with Gasteiger partial charge in [-0.15, -0.1) is 11.3 Å². The molecule has 0 bridgehead atoms. The molecule has 2 aromatic rings. The number of nitrogens with one attached hydrogen (secondary N) is 2. The number of carbonyl (C=O) groups is 1. The fourth-order valence-corrected chi connectivity index (χ4v) is 2.25. The summed E-state index contributed by atoms with van der Waals surface area (Å²) < 4.78 is 12.8. The molecule has 1 heterocycles. The largest absolute Gasteiger partial charge is 0.374 e. The lowest BCUT2D eigenvalue weighted by Gasteiger charge is -2.14. The minimum Gasteiger partial charge on any atom is -0.374 e. The van der Waals surface area contributed by atoms with Crippen LogP contribution in [-0.2, 0) is 11.3 Å². The summed E-state index contributed by atoms with van der Waals surface area (Å²) in [6.45, 7) is 2.30. The highest BCUT2D eigenvalue weighted by molar-refractivity contribution is 7.09. The predicted octanol–water partition coefficient (Wildman–Crippen LogP) is 3.00. The van der Waals surface area contributed by atoms with Crippen molar-refractivity contribution in [2.45, 2.75) is 19.5 Å². The quantitative estimate of drug-likeness (QED) is 0.882. The SMILES string of the molecule is C[C@@H](Nc1ccc(F)cc1)C(=O)NCc1cccs1. The molecular weight excluding hydrogens is 263 g/mol. The number of rotatable bonds is 5. The van der Waals surface area contributed by atoms with Gasteiger partial charge in [-0.25, -0.2) is 4.39 Å². The van der Waals surface area contributed by atoms with E-state index in [-0.39, 0.29) is 17.8 Å². The first kappa shape index (κ1) is 13.5. The van der Waals surface area contributed by atoms with Crippen LogP contribution in [0.3, 0.4) is 0 Å². The molecule has 0 unspecified atom stereocenters. The molecule has 2 rings (SSSR count). The zero-order chi connectivity index (χ0) is 13.7. The number of benzene rings is 1. The molecule has 1 aromatic carbocycles. The number of hydrogen-bond donors (Lipinski definition) is 2. The van der Waals surface area contributed by atoms with Crippen LogP contribution in [0.4, 0.5) is 10.1 Å². The van der Waals surface area contributed by atoms with E-state index in [1.165, 1.54) is 12.1 Å². The molecule has 0 spiro atoms. The lowest BCUT2D eigenvalue weighted by molar-refractivity contribution is -0.121. The fraction of sp³-hybridized carbons (Fsp3) is 0.214. The van der Waals surface area contributed by atoms with E-state index >= 15 is 0 Å². The van der Waals surface area contributed by atoms with Gasteiger partial charge in [0.05, 0.1) is 6.54 Å². The molecule has 0 aliphatic carbocycles. The summed E-state index contributed by atoms with van der Waals surface area (Å²) in [6.07, 6.45) is 0. The molecule has 0 radical (unpaired) electrons. The summed E-state index contributed by atoms with van der Waals surface area (Å²) in [6, 6.07) is 9.49. The summed E-state index contributed by atoms with van der Waals surface area (Å²) in [5.74, 6) is -0.377. The second-order valence-electron chi connectivity index (χ2n) is 4.17. The molecule has 0 aliphatic heterocycles. The van der Waals surface area contributed by atoms with E-state index in [1.807, 2.05) is 17.5 Å². The highest BCUT2D eigenvalue weighted by Gasteiger charge is 2.12. The Hall–Kier alpha value is -1.88. The van der Waals surface area contributed by atoms with Crippen molar-refractivity contribution in [3.8, 4) is 0 Å². The second-order valence-corrected chi connectivity index (χ2v) is 5.20. The first-order valence-corrected chi connectivity index (χ1v) is 6.85. The first-order valence-electron chi connectivity index (χ1n) is 5.97. The molecule has 0 saturated heterocycles. The number of carbonyl (C=O) groups excluding carboxylic acids is 1. The van der Waals surface area contributed by atoms with Crippen LogP contribution in [0.25, 0.3) is 0 Å². The third kappa shape index (κ3) is 4.06. The lowest BCUT2D eigenvalue weighted by atomic mass is 10.2. The molecule has 1 amide bonds. The number of amides is 1. The van der Waals surface area contributed by atoms with Gasteiger partial charge in [0.1, 0.15) is 11.9 Å². The van der Waals surface area contributed by atoms with Crippen LogP contribution in [0, 0.1) is 5.82 Å². The normalized spacial score (nSPS) is 11.9. The van der Waals surface area contributed by atoms with E-state index in [1.54, 1.807) is 30.4 Å². The van der Waals surface area contributed by atoms with Crippen molar-refractivity contribution in [3.63, 3.8) is 0 Å². The van der Waals surface area contributed by atoms with E-state index in [0.29, 0.717) is 6.54 Å². The minimum absolute atomic E-state index is 0.0854. The van der Waals surface area contributed by atoms with Gasteiger partial charge in [-0.1, -0.05) is 6.07 Å². The number of anilines is 1. The van der Waals surface area contributed by atoms with Crippen molar-refractivity contribution in [1.82, 2.24) is 5.32 Å². The maximum absolute atomic E-state index is 12.8. The Morgan fingerprint density at radius 1 is 1.32 bits per heavy atom. The molecule has 0 aliphatic rings. The van der Waals surface area contributed by atoms with Gasteiger partial charge in [0, 0.05) is 10.6 Å². The van der Waals surface area contributed by atoms with Gasteiger partial charge in [-0.3, -0.25) is 4.79 Å². The van der Waals surface area contributed by atoms with Crippen molar-refractivity contribution >= 4 is 22.9 Å². The van der Waals surface area contributed by atoms with Gasteiger partial charge in [0.2, 0.25) is 5.91 Å². The van der Waals surface area contributed by atoms with Crippen LogP contribution in [0.15, 0.2) is 41.8 Å². The average Bonchev–Trinajstić information content (AvgIpc) is 2.91. The van der Waals surface area contributed by atoms with E-state index < -0.39 is 0 Å². The Kier molecular flexibility index (Phi) is 4.52. The smallest absolute Gasteiger partial charge is 0.242 e. The van der Waals surface area contributed by atoms with E-state index in [2.05, 4.69) is 10.6 Å². The summed E-state index contributed by atoms with van der Waals surface area (Å²) in [7, 11) is 0. The van der Waals surface area contributed by atoms with Gasteiger partial charge in [0.15, 0.2) is 0 Å². The molecule has 100 valence electrons. The summed E-state index contributed by atoms with van der Waals surface area (Å²) >= 11 is 1.61. The second kappa shape index (κ2) is 6.33. The highest BCUT2D eigenvalue weighted by atomic mass is 32.1. The summed E-state index contributed by atoms with van der Waals surface area (Å²) in [5, 5.41) is 7.85. The maximum Gasteiger partial charge on any atom is 0.242 e. The van der Waals surface area contributed by atoms with Crippen molar-refractivity contribution in [1.29, 1.82) is 0 Å². The molecule has 0 fully saturated rings. The van der Waals surface area contributed by atoms with Gasteiger partial charge < -0.3 is 10.6 Å². The van der Waals surface area contributed by atoms with E-state index in [9.17, 15) is 9.18 Å². The molecule has 1 aromatic heterocycles. The Morgan fingerprint density at radius 3 is 2.68 bits per heavy atom. The van der Waals surface area contributed by atoms with Gasteiger partial charge in [-0.05, 0) is 42.6 Å². The highest BCUT2D eigenvalue weighted by Crippen LogP contribution is 2.10. The third-order valence-electron chi connectivity index (χ3n) is 2.64. The average molecular weight is 278 g/mol. The summed E-state index contributed by atoms with van der Waals surface area (Å²) in [5.41, 5.74) is 0.722. The Bertz CT molecular complexity index is 525. The van der Waals surface area contributed by atoms with Crippen LogP contribution in [-0.4, -0.2) is 11.9 Å². The Morgan fingerprint density at radius 2 is 2.05 bits per heavy atom. The topological polar surface area (TPSA) is 41.1 Å². The van der Waals surface area contributed by atoms with Crippen molar-refractivity contribution < 1.29 is 9.18 Å². The summed E-state index contributed by atoms with van der Waals surface area (Å²) in [4.78, 5) is 13.0. The molecule has 1 atom stereocenters. The Balaban J connectivity index is 1.83. The van der Waals surface area contributed by atoms with Crippen molar-refractivity contribution in [2.75, 3.05) is 5.32 Å². The lowest BCUT2D eigenvalue weighted by Crippen LogP contribution is -2.37. The van der Waals surface area contributed by atoms with Crippen LogP contribution >= 0.6 is 11.3 Å². The van der Waals surface area contributed by atoms with E-state index in [0.717, 1.165) is 10.6 Å². The van der Waals surface area contributed by atoms with Crippen LogP contribution < -0.4 is 10.6 Å². The maximum atomic E-state index is 12.8. The van der Waals surface area contributed by atoms with Crippen molar-refractivity contribution in [2.24, 2.45) is 0 Å². The number of thiophene rings is 1. The third-order valence-corrected chi connectivity index (χ3v) is 3.51. The monoisotopic (exact) mass is 278 g/mol. The van der Waals surface area contributed by atoms with Crippen molar-refractivity contribution in [3.05, 3.63) is 52.5 Å². The van der Waals surface area contributed by atoms with Gasteiger partial charge >= 0.3 is 0 Å². The molecule has 5 heteroatoms. The molecule has 0 saturated carbocycles. The van der Waals surface area contributed by atoms with Crippen LogP contribution in [0.2, 0.25) is 0 Å². The standard InChI is InChI=1S/C14H15FN2OS/c1-10(17-12-6-4-11(15)5-7-12)14(18)16-9-13-3-2-8-19-13/h2-8,10,17H,9H2,1H3,(H,16,18)/t10-/m1/s1. The number of halogens is 1. The fourth-order valence-electron chi connectivity index (χ4n) is 1.60. The number of hydrogen-bond acceptors (Lipinski definition) is 3. The zero-order valence-corrected chi connectivity index (χ0v) is 11.3. The molecular formula is C14H15FN2OS. The van der Waals surface area contributed by atoms with Gasteiger partial charge in [0.25, 0.3) is 0 Å². The van der Waals surface area contributed by atoms with E-state index in [4.69, 9.17) is 0 Å².